The summed E-state index contributed by atoms with van der Waals surface area (Å²) >= 11 is 6.61. The topological polar surface area (TPSA) is 50.7 Å². The number of H-pyrrole nitrogens is 1. The van der Waals surface area contributed by atoms with Gasteiger partial charge in [0.25, 0.3) is 5.56 Å². The Morgan fingerprint density at radius 1 is 0.867 bits per heavy atom. The minimum absolute atomic E-state index is 0.127. The molecule has 0 saturated heterocycles. The normalized spacial score (nSPS) is 12.2. The van der Waals surface area contributed by atoms with Gasteiger partial charge in [0.15, 0.2) is 5.65 Å². The number of nitrogens with zero attached hydrogens (tertiary/aromatic N) is 2. The number of rotatable bonds is 2. The van der Waals surface area contributed by atoms with Gasteiger partial charge in [-0.25, -0.2) is 9.67 Å². The lowest BCUT2D eigenvalue weighted by molar-refractivity contribution is 0.859. The van der Waals surface area contributed by atoms with Crippen molar-refractivity contribution in [2.75, 3.05) is 0 Å². The average molecular weight is 410 g/mol. The van der Waals surface area contributed by atoms with Crippen LogP contribution in [0.25, 0.3) is 39.1 Å². The SMILES string of the molecule is O=c1c2c(-c3ccccc3Cl)c3c(nc2[nH]n1-c1ccccc1)-c1ccccc1C3. The summed E-state index contributed by atoms with van der Waals surface area (Å²) in [6.45, 7) is 0. The molecule has 5 aromatic rings. The number of hydrogen-bond donors (Lipinski definition) is 1. The zero-order valence-electron chi connectivity index (χ0n) is 15.9. The van der Waals surface area contributed by atoms with E-state index in [9.17, 15) is 4.79 Å². The summed E-state index contributed by atoms with van der Waals surface area (Å²) in [6.07, 6.45) is 0.727. The molecule has 0 aliphatic heterocycles. The first-order chi connectivity index (χ1) is 14.7. The second kappa shape index (κ2) is 6.44. The van der Waals surface area contributed by atoms with Gasteiger partial charge < -0.3 is 0 Å². The summed E-state index contributed by atoms with van der Waals surface area (Å²) in [6, 6.07) is 25.5. The lowest BCUT2D eigenvalue weighted by atomic mass is 9.96. The molecule has 0 radical (unpaired) electrons. The molecule has 5 heteroatoms. The van der Waals surface area contributed by atoms with E-state index in [4.69, 9.17) is 16.6 Å². The summed E-state index contributed by atoms with van der Waals surface area (Å²) in [5.41, 5.74) is 7.21. The highest BCUT2D eigenvalue weighted by molar-refractivity contribution is 6.33. The molecule has 1 aliphatic rings. The standard InChI is InChI=1S/C25H16ClN3O/c26-20-13-7-6-12-18(20)21-19-14-15-8-4-5-11-17(15)23(19)27-24-22(21)25(30)29(28-24)16-9-2-1-3-10-16/h1-13H,14H2,(H,27,28). The molecule has 144 valence electrons. The number of para-hydroxylation sites is 1. The van der Waals surface area contributed by atoms with Crippen molar-refractivity contribution in [2.45, 2.75) is 6.42 Å². The third-order valence-electron chi connectivity index (χ3n) is 5.73. The van der Waals surface area contributed by atoms with Crippen LogP contribution < -0.4 is 5.56 Å². The molecular formula is C25H16ClN3O. The Kier molecular flexibility index (Phi) is 3.70. The predicted octanol–water partition coefficient (Wildman–Crippen LogP) is 5.61. The van der Waals surface area contributed by atoms with Crippen LogP contribution in [0.1, 0.15) is 11.1 Å². The first kappa shape index (κ1) is 17.2. The van der Waals surface area contributed by atoms with Gasteiger partial charge in [0.05, 0.1) is 16.8 Å². The van der Waals surface area contributed by atoms with Crippen LogP contribution in [0, 0.1) is 0 Å². The maximum absolute atomic E-state index is 13.6. The Morgan fingerprint density at radius 3 is 2.37 bits per heavy atom. The highest BCUT2D eigenvalue weighted by Crippen LogP contribution is 2.44. The minimum Gasteiger partial charge on any atom is -0.274 e. The van der Waals surface area contributed by atoms with Crippen LogP contribution in [0.5, 0.6) is 0 Å². The van der Waals surface area contributed by atoms with Crippen LogP contribution in [-0.2, 0) is 6.42 Å². The lowest BCUT2D eigenvalue weighted by Crippen LogP contribution is -2.14. The van der Waals surface area contributed by atoms with Gasteiger partial charge in [-0.3, -0.25) is 9.89 Å². The third-order valence-corrected chi connectivity index (χ3v) is 6.06. The molecule has 30 heavy (non-hydrogen) atoms. The van der Waals surface area contributed by atoms with Crippen LogP contribution in [0.2, 0.25) is 5.02 Å². The van der Waals surface area contributed by atoms with Crippen molar-refractivity contribution in [3.63, 3.8) is 0 Å². The fourth-order valence-corrected chi connectivity index (χ4v) is 4.62. The van der Waals surface area contributed by atoms with Crippen LogP contribution in [-0.4, -0.2) is 14.8 Å². The second-order valence-electron chi connectivity index (χ2n) is 7.44. The van der Waals surface area contributed by atoms with E-state index in [-0.39, 0.29) is 5.56 Å². The van der Waals surface area contributed by atoms with Crippen molar-refractivity contribution >= 4 is 22.6 Å². The predicted molar refractivity (Wildman–Crippen MR) is 120 cm³/mol. The Morgan fingerprint density at radius 2 is 1.57 bits per heavy atom. The van der Waals surface area contributed by atoms with E-state index in [0.29, 0.717) is 16.1 Å². The summed E-state index contributed by atoms with van der Waals surface area (Å²) in [4.78, 5) is 18.5. The Hall–Kier alpha value is -3.63. The first-order valence-electron chi connectivity index (χ1n) is 9.78. The van der Waals surface area contributed by atoms with E-state index in [1.54, 1.807) is 4.68 Å². The molecule has 0 saturated carbocycles. The maximum atomic E-state index is 13.6. The van der Waals surface area contributed by atoms with Crippen LogP contribution in [0.4, 0.5) is 0 Å². The molecule has 0 spiro atoms. The molecule has 1 aliphatic carbocycles. The van der Waals surface area contributed by atoms with Gasteiger partial charge in [0.1, 0.15) is 0 Å². The molecule has 6 rings (SSSR count). The number of hydrogen-bond acceptors (Lipinski definition) is 2. The highest BCUT2D eigenvalue weighted by atomic mass is 35.5. The highest BCUT2D eigenvalue weighted by Gasteiger charge is 2.28. The lowest BCUT2D eigenvalue weighted by Gasteiger charge is -2.11. The molecule has 3 aromatic carbocycles. The molecule has 1 N–H and O–H groups in total. The van der Waals surface area contributed by atoms with E-state index in [1.807, 2.05) is 66.7 Å². The summed E-state index contributed by atoms with van der Waals surface area (Å²) < 4.78 is 1.55. The van der Waals surface area contributed by atoms with Crippen LogP contribution in [0.3, 0.4) is 0 Å². The van der Waals surface area contributed by atoms with Gasteiger partial charge in [0, 0.05) is 28.1 Å². The Balaban J connectivity index is 1.76. The number of benzene rings is 3. The van der Waals surface area contributed by atoms with Gasteiger partial charge in [-0.05, 0) is 29.3 Å². The molecule has 2 aromatic heterocycles. The summed E-state index contributed by atoms with van der Waals surface area (Å²) in [5, 5.41) is 4.41. The van der Waals surface area contributed by atoms with Gasteiger partial charge >= 0.3 is 0 Å². The second-order valence-corrected chi connectivity index (χ2v) is 7.85. The number of halogens is 1. The summed E-state index contributed by atoms with van der Waals surface area (Å²) in [7, 11) is 0. The van der Waals surface area contributed by atoms with Gasteiger partial charge in [-0.1, -0.05) is 72.3 Å². The molecule has 0 amide bonds. The van der Waals surface area contributed by atoms with Crippen molar-refractivity contribution < 1.29 is 0 Å². The van der Waals surface area contributed by atoms with Gasteiger partial charge in [-0.15, -0.1) is 0 Å². The molecule has 4 nitrogen and oxygen atoms in total. The van der Waals surface area contributed by atoms with Crippen LogP contribution in [0.15, 0.2) is 83.7 Å². The zero-order chi connectivity index (χ0) is 20.2. The molecule has 0 atom stereocenters. The number of aromatic nitrogens is 3. The third kappa shape index (κ3) is 2.41. The van der Waals surface area contributed by atoms with E-state index < -0.39 is 0 Å². The van der Waals surface area contributed by atoms with E-state index in [1.165, 1.54) is 5.56 Å². The Labute approximate surface area is 177 Å². The molecule has 0 fully saturated rings. The zero-order valence-corrected chi connectivity index (χ0v) is 16.6. The molecule has 0 bridgehead atoms. The monoisotopic (exact) mass is 409 g/mol. The molecule has 0 unspecified atom stereocenters. The molecular weight excluding hydrogens is 394 g/mol. The fraction of sp³-hybridized carbons (Fsp3) is 0.0400. The number of nitrogens with one attached hydrogen (secondary N) is 1. The number of fused-ring (bicyclic) bond motifs is 4. The average Bonchev–Trinajstić information content (AvgIpc) is 3.31. The largest absolute Gasteiger partial charge is 0.281 e. The molecule has 2 heterocycles. The van der Waals surface area contributed by atoms with E-state index in [2.05, 4.69) is 17.2 Å². The van der Waals surface area contributed by atoms with E-state index >= 15 is 0 Å². The van der Waals surface area contributed by atoms with E-state index in [0.717, 1.165) is 40.1 Å². The van der Waals surface area contributed by atoms with Crippen molar-refractivity contribution in [1.29, 1.82) is 0 Å². The maximum Gasteiger partial charge on any atom is 0.281 e. The van der Waals surface area contributed by atoms with Crippen molar-refractivity contribution in [3.05, 3.63) is 105 Å². The van der Waals surface area contributed by atoms with Crippen molar-refractivity contribution in [2.24, 2.45) is 0 Å². The summed E-state index contributed by atoms with van der Waals surface area (Å²) in [5.74, 6) is 0. The quantitative estimate of drug-likeness (QED) is 0.404. The van der Waals surface area contributed by atoms with Crippen molar-refractivity contribution in [3.8, 4) is 28.1 Å². The number of aromatic amines is 1. The van der Waals surface area contributed by atoms with Gasteiger partial charge in [0.2, 0.25) is 0 Å². The number of pyridine rings is 1. The smallest absolute Gasteiger partial charge is 0.274 e. The van der Waals surface area contributed by atoms with Gasteiger partial charge in [-0.2, -0.15) is 0 Å². The fourth-order valence-electron chi connectivity index (χ4n) is 4.39. The Bertz CT molecular complexity index is 1500. The van der Waals surface area contributed by atoms with Crippen LogP contribution >= 0.6 is 11.6 Å². The first-order valence-corrected chi connectivity index (χ1v) is 10.2. The minimum atomic E-state index is -0.127. The van der Waals surface area contributed by atoms with Crippen molar-refractivity contribution in [1.82, 2.24) is 14.8 Å².